The molecular weight excluding hydrogens is 210 g/mol. The van der Waals surface area contributed by atoms with Crippen LogP contribution in [-0.2, 0) is 0 Å². The molecule has 2 N–H and O–H groups in total. The van der Waals surface area contributed by atoms with E-state index in [1.807, 2.05) is 0 Å². The lowest BCUT2D eigenvalue weighted by Gasteiger charge is -2.04. The Kier molecular flexibility index (Phi) is 4.63. The number of carbonyl (C=O) groups excluding carboxylic acids is 1. The molecule has 0 radical (unpaired) electrons. The summed E-state index contributed by atoms with van der Waals surface area (Å²) in [5, 5.41) is 0.558. The molecule has 0 bridgehead atoms. The van der Waals surface area contributed by atoms with Crippen LogP contribution < -0.4 is 5.73 Å². The van der Waals surface area contributed by atoms with Gasteiger partial charge in [-0.2, -0.15) is 0 Å². The molecule has 0 fully saturated rings. The zero-order valence-electron chi connectivity index (χ0n) is 8.92. The summed E-state index contributed by atoms with van der Waals surface area (Å²) in [4.78, 5) is 11.8. The molecule has 0 atom stereocenters. The minimum atomic E-state index is 0.0865. The molecule has 1 aromatic rings. The molecular formula is C12H16ClNO. The van der Waals surface area contributed by atoms with E-state index < -0.39 is 0 Å². The van der Waals surface area contributed by atoms with E-state index in [1.165, 1.54) is 0 Å². The number of nitrogen functional groups attached to an aromatic ring is 1. The number of hydrogen-bond donors (Lipinski definition) is 1. The van der Waals surface area contributed by atoms with Crippen LogP contribution in [0.4, 0.5) is 5.69 Å². The molecule has 0 aliphatic carbocycles. The lowest BCUT2D eigenvalue weighted by molar-refractivity contribution is 0.0980. The first-order valence-corrected chi connectivity index (χ1v) is 5.61. The maximum atomic E-state index is 11.8. The van der Waals surface area contributed by atoms with Gasteiger partial charge in [-0.25, -0.2) is 0 Å². The van der Waals surface area contributed by atoms with Gasteiger partial charge in [-0.15, -0.1) is 0 Å². The monoisotopic (exact) mass is 225 g/mol. The Morgan fingerprint density at radius 3 is 2.80 bits per heavy atom. The van der Waals surface area contributed by atoms with Crippen molar-refractivity contribution >= 4 is 23.1 Å². The van der Waals surface area contributed by atoms with Gasteiger partial charge in [0.2, 0.25) is 0 Å². The second-order valence-corrected chi connectivity index (χ2v) is 4.05. The van der Waals surface area contributed by atoms with Crippen LogP contribution in [0.25, 0.3) is 0 Å². The summed E-state index contributed by atoms with van der Waals surface area (Å²) in [7, 11) is 0. The van der Waals surface area contributed by atoms with Crippen LogP contribution in [0.3, 0.4) is 0 Å². The highest BCUT2D eigenvalue weighted by atomic mass is 35.5. The van der Waals surface area contributed by atoms with Crippen molar-refractivity contribution in [1.82, 2.24) is 0 Å². The fraction of sp³-hybridized carbons (Fsp3) is 0.417. The number of hydrogen-bond acceptors (Lipinski definition) is 2. The Morgan fingerprint density at radius 1 is 1.40 bits per heavy atom. The number of nitrogens with two attached hydrogens (primary N) is 1. The molecule has 0 spiro atoms. The summed E-state index contributed by atoms with van der Waals surface area (Å²) < 4.78 is 0. The molecule has 82 valence electrons. The Hall–Kier alpha value is -1.02. The van der Waals surface area contributed by atoms with E-state index in [9.17, 15) is 4.79 Å². The summed E-state index contributed by atoms with van der Waals surface area (Å²) in [5.41, 5.74) is 6.78. The molecule has 0 saturated carbocycles. The van der Waals surface area contributed by atoms with Gasteiger partial charge in [-0.05, 0) is 24.6 Å². The maximum Gasteiger partial charge on any atom is 0.164 e. The predicted octanol–water partition coefficient (Wildman–Crippen LogP) is 3.69. The third-order valence-corrected chi connectivity index (χ3v) is 2.56. The van der Waals surface area contributed by atoms with Gasteiger partial charge < -0.3 is 5.73 Å². The quantitative estimate of drug-likeness (QED) is 0.472. The van der Waals surface area contributed by atoms with Gasteiger partial charge in [0.1, 0.15) is 0 Å². The summed E-state index contributed by atoms with van der Waals surface area (Å²) in [5.74, 6) is 0.0865. The predicted molar refractivity (Wildman–Crippen MR) is 64.3 cm³/mol. The van der Waals surface area contributed by atoms with Crippen molar-refractivity contribution in [2.24, 2.45) is 0 Å². The number of ketones is 1. The minimum absolute atomic E-state index is 0.0865. The number of rotatable bonds is 5. The number of carbonyl (C=O) groups is 1. The number of Topliss-reactive ketones (excluding diaryl/α,β-unsaturated/α-hetero) is 1. The van der Waals surface area contributed by atoms with Crippen LogP contribution in [0.15, 0.2) is 18.2 Å². The molecule has 3 heteroatoms. The third-order valence-electron chi connectivity index (χ3n) is 2.32. The van der Waals surface area contributed by atoms with Crippen LogP contribution >= 0.6 is 11.6 Å². The summed E-state index contributed by atoms with van der Waals surface area (Å²) in [6, 6.07) is 5.01. The Bertz CT molecular complexity index is 349. The zero-order chi connectivity index (χ0) is 11.3. The van der Waals surface area contributed by atoms with Crippen LogP contribution in [-0.4, -0.2) is 5.78 Å². The lowest BCUT2D eigenvalue weighted by atomic mass is 10.0. The van der Waals surface area contributed by atoms with Gasteiger partial charge in [0.05, 0.1) is 0 Å². The first kappa shape index (κ1) is 12.1. The van der Waals surface area contributed by atoms with E-state index in [4.69, 9.17) is 17.3 Å². The average Bonchev–Trinajstić information content (AvgIpc) is 2.22. The van der Waals surface area contributed by atoms with Crippen molar-refractivity contribution in [3.63, 3.8) is 0 Å². The first-order chi connectivity index (χ1) is 7.15. The molecule has 0 unspecified atom stereocenters. The fourth-order valence-electron chi connectivity index (χ4n) is 1.44. The third kappa shape index (κ3) is 3.56. The molecule has 0 aromatic heterocycles. The minimum Gasteiger partial charge on any atom is -0.398 e. The van der Waals surface area contributed by atoms with E-state index in [0.717, 1.165) is 19.3 Å². The maximum absolute atomic E-state index is 11.8. The Labute approximate surface area is 95.4 Å². The molecule has 0 amide bonds. The average molecular weight is 226 g/mol. The van der Waals surface area contributed by atoms with Crippen molar-refractivity contribution in [2.45, 2.75) is 32.6 Å². The van der Waals surface area contributed by atoms with Crippen molar-refractivity contribution in [2.75, 3.05) is 5.73 Å². The van der Waals surface area contributed by atoms with Crippen LogP contribution in [0.2, 0.25) is 5.02 Å². The van der Waals surface area contributed by atoms with E-state index >= 15 is 0 Å². The second-order valence-electron chi connectivity index (χ2n) is 3.61. The standard InChI is InChI=1S/C12H16ClNO/c1-2-3-4-5-12(15)10-8-9(13)6-7-11(10)14/h6-8H,2-5,14H2,1H3. The van der Waals surface area contributed by atoms with Gasteiger partial charge in [0.25, 0.3) is 0 Å². The van der Waals surface area contributed by atoms with Crippen molar-refractivity contribution in [1.29, 1.82) is 0 Å². The van der Waals surface area contributed by atoms with Crippen molar-refractivity contribution in [3.8, 4) is 0 Å². The molecule has 15 heavy (non-hydrogen) atoms. The second kappa shape index (κ2) is 5.76. The van der Waals surface area contributed by atoms with Crippen molar-refractivity contribution < 1.29 is 4.79 Å². The highest BCUT2D eigenvalue weighted by Gasteiger charge is 2.09. The van der Waals surface area contributed by atoms with Crippen LogP contribution in [0.5, 0.6) is 0 Å². The smallest absolute Gasteiger partial charge is 0.164 e. The SMILES string of the molecule is CCCCCC(=O)c1cc(Cl)ccc1N. The molecule has 0 saturated heterocycles. The first-order valence-electron chi connectivity index (χ1n) is 5.23. The largest absolute Gasteiger partial charge is 0.398 e. The number of unbranched alkanes of at least 4 members (excludes halogenated alkanes) is 2. The van der Waals surface area contributed by atoms with Gasteiger partial charge in [0.15, 0.2) is 5.78 Å². The highest BCUT2D eigenvalue weighted by Crippen LogP contribution is 2.20. The van der Waals surface area contributed by atoms with Gasteiger partial charge in [0, 0.05) is 22.7 Å². The summed E-state index contributed by atoms with van der Waals surface area (Å²) in [6.45, 7) is 2.11. The van der Waals surface area contributed by atoms with Gasteiger partial charge in [-0.1, -0.05) is 31.4 Å². The highest BCUT2D eigenvalue weighted by molar-refractivity contribution is 6.31. The summed E-state index contributed by atoms with van der Waals surface area (Å²) in [6.07, 6.45) is 3.66. The lowest BCUT2D eigenvalue weighted by Crippen LogP contribution is -2.03. The molecule has 2 nitrogen and oxygen atoms in total. The van der Waals surface area contributed by atoms with E-state index in [2.05, 4.69) is 6.92 Å². The zero-order valence-corrected chi connectivity index (χ0v) is 9.68. The van der Waals surface area contributed by atoms with Gasteiger partial charge in [-0.3, -0.25) is 4.79 Å². The molecule has 0 aliphatic rings. The van der Waals surface area contributed by atoms with E-state index in [0.29, 0.717) is 22.7 Å². The van der Waals surface area contributed by atoms with E-state index in [1.54, 1.807) is 18.2 Å². The molecule has 1 rings (SSSR count). The number of anilines is 1. The molecule has 0 heterocycles. The molecule has 1 aromatic carbocycles. The normalized spacial score (nSPS) is 10.3. The Morgan fingerprint density at radius 2 is 2.13 bits per heavy atom. The van der Waals surface area contributed by atoms with Crippen molar-refractivity contribution in [3.05, 3.63) is 28.8 Å². The van der Waals surface area contributed by atoms with E-state index in [-0.39, 0.29) is 5.78 Å². The summed E-state index contributed by atoms with van der Waals surface area (Å²) >= 11 is 5.81. The van der Waals surface area contributed by atoms with Crippen LogP contribution in [0.1, 0.15) is 43.0 Å². The molecule has 0 aliphatic heterocycles. The number of halogens is 1. The van der Waals surface area contributed by atoms with Crippen LogP contribution in [0, 0.1) is 0 Å². The number of benzene rings is 1. The topological polar surface area (TPSA) is 43.1 Å². The Balaban J connectivity index is 2.68. The fourth-order valence-corrected chi connectivity index (χ4v) is 1.61. The van der Waals surface area contributed by atoms with Gasteiger partial charge >= 0.3 is 0 Å².